The highest BCUT2D eigenvalue weighted by Gasteiger charge is 2.02. The third-order valence-corrected chi connectivity index (χ3v) is 1.27. The Morgan fingerprint density at radius 3 is 3.10 bits per heavy atom. The van der Waals surface area contributed by atoms with Crippen molar-refractivity contribution in [3.8, 4) is 0 Å². The Hall–Kier alpha value is -0.860. The molecule has 1 aliphatic heterocycles. The van der Waals surface area contributed by atoms with Gasteiger partial charge in [-0.25, -0.2) is 0 Å². The number of hydrogen-bond acceptors (Lipinski definition) is 4. The van der Waals surface area contributed by atoms with E-state index >= 15 is 0 Å². The van der Waals surface area contributed by atoms with Gasteiger partial charge in [0.25, 0.3) is 0 Å². The zero-order valence-corrected chi connectivity index (χ0v) is 6.13. The summed E-state index contributed by atoms with van der Waals surface area (Å²) in [6.07, 6.45) is 2.82. The summed E-state index contributed by atoms with van der Waals surface area (Å²) in [7, 11) is 0.403. The van der Waals surface area contributed by atoms with Crippen molar-refractivity contribution >= 4 is 19.9 Å². The second kappa shape index (κ2) is 3.34. The highest BCUT2D eigenvalue weighted by Crippen LogP contribution is 2.10. The highest BCUT2D eigenvalue weighted by molar-refractivity contribution is 7.35. The van der Waals surface area contributed by atoms with Crippen LogP contribution in [0, 0.1) is 0 Å². The number of rotatable bonds is 1. The molecule has 0 aromatic rings. The first kappa shape index (κ1) is 7.25. The number of hydrogen-bond donors (Lipinski definition) is 0. The van der Waals surface area contributed by atoms with Gasteiger partial charge in [-0.05, 0) is 0 Å². The summed E-state index contributed by atoms with van der Waals surface area (Å²) in [6, 6.07) is 0. The van der Waals surface area contributed by atoms with E-state index in [0.717, 1.165) is 0 Å². The highest BCUT2D eigenvalue weighted by atomic mass is 31.1. The van der Waals surface area contributed by atoms with Gasteiger partial charge in [-0.2, -0.15) is 0 Å². The lowest BCUT2D eigenvalue weighted by molar-refractivity contribution is -0.137. The lowest BCUT2D eigenvalue weighted by Crippen LogP contribution is -2.05. The summed E-state index contributed by atoms with van der Waals surface area (Å²) < 4.78 is 9.12. The van der Waals surface area contributed by atoms with Gasteiger partial charge in [-0.3, -0.25) is 4.79 Å². The smallest absolute Gasteiger partial charge is 0.308 e. The average molecular weight is 160 g/mol. The first-order chi connectivity index (χ1) is 4.79. The normalized spacial score (nSPS) is 17.1. The molecular formula is C5H5O4P. The van der Waals surface area contributed by atoms with Crippen molar-refractivity contribution in [3.63, 3.8) is 0 Å². The van der Waals surface area contributed by atoms with Gasteiger partial charge < -0.3 is 9.62 Å². The van der Waals surface area contributed by atoms with E-state index in [1.54, 1.807) is 0 Å². The van der Waals surface area contributed by atoms with Crippen LogP contribution in [0.3, 0.4) is 0 Å². The Morgan fingerprint density at radius 1 is 1.80 bits per heavy atom. The molecule has 0 atom stereocenters. The Balaban J connectivity index is 2.48. The third-order valence-electron chi connectivity index (χ3n) is 0.685. The monoisotopic (exact) mass is 160 g/mol. The van der Waals surface area contributed by atoms with Crippen molar-refractivity contribution in [1.29, 1.82) is 0 Å². The maximum atomic E-state index is 10.3. The lowest BCUT2D eigenvalue weighted by Gasteiger charge is -2.03. The molecule has 0 unspecified atom stereocenters. The van der Waals surface area contributed by atoms with Crippen molar-refractivity contribution in [1.82, 2.24) is 0 Å². The molecule has 0 saturated carbocycles. The van der Waals surface area contributed by atoms with Gasteiger partial charge in [0.1, 0.15) is 6.26 Å². The van der Waals surface area contributed by atoms with Crippen LogP contribution in [0.5, 0.6) is 0 Å². The van der Waals surface area contributed by atoms with E-state index in [1.807, 2.05) is 0 Å². The van der Waals surface area contributed by atoms with E-state index in [9.17, 15) is 4.79 Å². The van der Waals surface area contributed by atoms with Crippen LogP contribution in [0.25, 0.3) is 0 Å². The van der Waals surface area contributed by atoms with Crippen molar-refractivity contribution < 1.29 is 19.1 Å². The van der Waals surface area contributed by atoms with Gasteiger partial charge in [-0.15, -0.1) is 4.67 Å². The van der Waals surface area contributed by atoms with Crippen LogP contribution in [-0.2, 0) is 19.1 Å². The molecule has 1 heterocycles. The summed E-state index contributed by atoms with van der Waals surface area (Å²) in [5.74, 6) is -0.363. The van der Waals surface area contributed by atoms with Crippen LogP contribution in [0.4, 0.5) is 0 Å². The largest absolute Gasteiger partial charge is 0.419 e. The van der Waals surface area contributed by atoms with Crippen LogP contribution in [0.15, 0.2) is 12.3 Å². The quantitative estimate of drug-likeness (QED) is 0.326. The van der Waals surface area contributed by atoms with E-state index in [1.165, 1.54) is 19.3 Å². The first-order valence-corrected chi connectivity index (χ1v) is 3.36. The molecule has 1 aliphatic rings. The van der Waals surface area contributed by atoms with Gasteiger partial charge in [0, 0.05) is 13.0 Å². The molecule has 0 fully saturated rings. The molecule has 0 aromatic heterocycles. The number of esters is 1. The number of carbonyl (C=O) groups is 1. The Labute approximate surface area is 59.2 Å². The minimum absolute atomic E-state index is 0.363. The third kappa shape index (κ3) is 2.17. The zero-order valence-electron chi connectivity index (χ0n) is 5.23. The molecule has 0 aromatic carbocycles. The standard InChI is InChI=1S/C5H5O4P/c1-4(6)8-5-2-3-7-9-10-5/h2-3H,1H3. The van der Waals surface area contributed by atoms with Crippen LogP contribution < -0.4 is 0 Å². The molecule has 0 radical (unpaired) electrons. The molecule has 1 rings (SSSR count). The van der Waals surface area contributed by atoms with E-state index in [4.69, 9.17) is 0 Å². The van der Waals surface area contributed by atoms with Gasteiger partial charge in [0.15, 0.2) is 13.9 Å². The Morgan fingerprint density at radius 2 is 2.60 bits per heavy atom. The average Bonchev–Trinajstić information content (AvgIpc) is 1.88. The molecule has 54 valence electrons. The maximum absolute atomic E-state index is 10.3. The van der Waals surface area contributed by atoms with E-state index in [-0.39, 0.29) is 5.97 Å². The maximum Gasteiger partial charge on any atom is 0.308 e. The molecule has 0 bridgehead atoms. The fourth-order valence-electron chi connectivity index (χ4n) is 0.399. The minimum Gasteiger partial charge on any atom is -0.419 e. The summed E-state index contributed by atoms with van der Waals surface area (Å²) in [4.78, 5) is 14.7. The van der Waals surface area contributed by atoms with E-state index < -0.39 is 0 Å². The number of carbonyl (C=O) groups excluding carboxylic acids is 1. The number of ether oxygens (including phenoxy) is 1. The van der Waals surface area contributed by atoms with Crippen molar-refractivity contribution in [3.05, 3.63) is 12.3 Å². The topological polar surface area (TPSA) is 44.8 Å². The summed E-state index contributed by atoms with van der Waals surface area (Å²) >= 11 is 0. The summed E-state index contributed by atoms with van der Waals surface area (Å²) in [5, 5.41) is 0. The van der Waals surface area contributed by atoms with Gasteiger partial charge in [-0.1, -0.05) is 0 Å². The summed E-state index contributed by atoms with van der Waals surface area (Å²) in [6.45, 7) is 1.33. The van der Waals surface area contributed by atoms with Crippen molar-refractivity contribution in [2.75, 3.05) is 0 Å². The van der Waals surface area contributed by atoms with Crippen LogP contribution in [0.2, 0.25) is 0 Å². The van der Waals surface area contributed by atoms with E-state index in [0.29, 0.717) is 13.9 Å². The Bertz CT molecular complexity index is 196. The second-order valence-corrected chi connectivity index (χ2v) is 2.27. The fraction of sp³-hybridized carbons (Fsp3) is 0.200. The van der Waals surface area contributed by atoms with Crippen LogP contribution >= 0.6 is 8.43 Å². The van der Waals surface area contributed by atoms with Crippen molar-refractivity contribution in [2.24, 2.45) is 0 Å². The molecule has 4 nitrogen and oxygen atoms in total. The fourth-order valence-corrected chi connectivity index (χ4v) is 0.853. The molecule has 10 heavy (non-hydrogen) atoms. The summed E-state index contributed by atoms with van der Waals surface area (Å²) in [5.41, 5.74) is 0.429. The van der Waals surface area contributed by atoms with Gasteiger partial charge in [0.05, 0.1) is 0 Å². The SMILES string of the molecule is CC(=O)OC1=POOC=C1. The molecule has 0 N–H and O–H groups in total. The molecule has 0 aliphatic carbocycles. The first-order valence-electron chi connectivity index (χ1n) is 2.54. The molecule has 5 heteroatoms. The predicted octanol–water partition coefficient (Wildman–Crippen LogP) is 1.02. The van der Waals surface area contributed by atoms with Gasteiger partial charge in [0.2, 0.25) is 0 Å². The molecular weight excluding hydrogens is 155 g/mol. The van der Waals surface area contributed by atoms with Gasteiger partial charge >= 0.3 is 5.97 Å². The molecule has 0 amide bonds. The Kier molecular flexibility index (Phi) is 2.42. The van der Waals surface area contributed by atoms with Crippen molar-refractivity contribution in [2.45, 2.75) is 6.92 Å². The minimum atomic E-state index is -0.363. The second-order valence-electron chi connectivity index (χ2n) is 1.50. The zero-order chi connectivity index (χ0) is 7.40. The molecule has 0 saturated heterocycles. The van der Waals surface area contributed by atoms with Crippen LogP contribution in [0.1, 0.15) is 6.92 Å². The van der Waals surface area contributed by atoms with E-state index in [2.05, 4.69) is 14.3 Å². The lowest BCUT2D eigenvalue weighted by atomic mass is 10.6. The van der Waals surface area contributed by atoms with Crippen LogP contribution in [-0.4, -0.2) is 11.4 Å². The predicted molar refractivity (Wildman–Crippen MR) is 35.0 cm³/mol. The molecule has 0 spiro atoms.